The average molecular weight is 203 g/mol. The molecule has 0 fully saturated rings. The van der Waals surface area contributed by atoms with Crippen molar-refractivity contribution < 1.29 is 14.7 Å². The molecular formula is C4H5N5O3S. The predicted octanol–water partition coefficient (Wildman–Crippen LogP) is -0.861. The minimum Gasteiger partial charge on any atom is -0.480 e. The van der Waals surface area contributed by atoms with E-state index in [0.29, 0.717) is 0 Å². The van der Waals surface area contributed by atoms with Crippen molar-refractivity contribution >= 4 is 28.7 Å². The first-order chi connectivity index (χ1) is 6.18. The molecule has 0 aliphatic rings. The van der Waals surface area contributed by atoms with Crippen molar-refractivity contribution in [2.45, 2.75) is 0 Å². The number of hydrogen-bond acceptors (Lipinski definition) is 6. The molecule has 1 aromatic heterocycles. The van der Waals surface area contributed by atoms with E-state index in [1.54, 1.807) is 0 Å². The summed E-state index contributed by atoms with van der Waals surface area (Å²) in [4.78, 5) is 20.9. The van der Waals surface area contributed by atoms with Crippen molar-refractivity contribution in [2.24, 2.45) is 0 Å². The SMILES string of the molecule is O=C(O)CNC(=O)Nc1nnns1. The van der Waals surface area contributed by atoms with E-state index in [1.807, 2.05) is 0 Å². The van der Waals surface area contributed by atoms with Gasteiger partial charge in [-0.15, -0.1) is 0 Å². The summed E-state index contributed by atoms with van der Waals surface area (Å²) in [5.74, 6) is -1.12. The van der Waals surface area contributed by atoms with Gasteiger partial charge in [-0.25, -0.2) is 4.79 Å². The molecule has 3 N–H and O–H groups in total. The van der Waals surface area contributed by atoms with E-state index in [9.17, 15) is 9.59 Å². The number of aromatic nitrogens is 3. The number of nitrogens with zero attached hydrogens (tertiary/aromatic N) is 3. The number of nitrogens with one attached hydrogen (secondary N) is 2. The van der Waals surface area contributed by atoms with Gasteiger partial charge in [0.05, 0.1) is 0 Å². The van der Waals surface area contributed by atoms with Crippen LogP contribution in [0.5, 0.6) is 0 Å². The van der Waals surface area contributed by atoms with Crippen molar-refractivity contribution in [3.63, 3.8) is 0 Å². The van der Waals surface area contributed by atoms with Crippen LogP contribution in [0.3, 0.4) is 0 Å². The van der Waals surface area contributed by atoms with Crippen molar-refractivity contribution in [3.05, 3.63) is 0 Å². The minimum absolute atomic E-state index is 0.211. The van der Waals surface area contributed by atoms with Crippen LogP contribution in [0, 0.1) is 0 Å². The molecule has 0 saturated carbocycles. The summed E-state index contributed by atoms with van der Waals surface area (Å²) >= 11 is 0.894. The number of carbonyl (C=O) groups is 2. The van der Waals surface area contributed by atoms with E-state index < -0.39 is 18.5 Å². The number of rotatable bonds is 3. The number of hydrogen-bond donors (Lipinski definition) is 3. The maximum Gasteiger partial charge on any atom is 0.323 e. The van der Waals surface area contributed by atoms with Gasteiger partial charge in [-0.1, -0.05) is 9.59 Å². The van der Waals surface area contributed by atoms with Crippen molar-refractivity contribution in [2.75, 3.05) is 11.9 Å². The van der Waals surface area contributed by atoms with Gasteiger partial charge < -0.3 is 10.4 Å². The van der Waals surface area contributed by atoms with Gasteiger partial charge in [-0.05, 0) is 5.21 Å². The third kappa shape index (κ3) is 3.42. The molecule has 0 saturated heterocycles. The van der Waals surface area contributed by atoms with Gasteiger partial charge in [0.25, 0.3) is 0 Å². The predicted molar refractivity (Wildman–Crippen MR) is 42.4 cm³/mol. The Labute approximate surface area is 76.1 Å². The Balaban J connectivity index is 2.30. The molecule has 0 aliphatic carbocycles. The second-order valence-electron chi connectivity index (χ2n) is 1.87. The van der Waals surface area contributed by atoms with E-state index in [0.717, 1.165) is 11.5 Å². The van der Waals surface area contributed by atoms with Gasteiger partial charge >= 0.3 is 12.0 Å². The van der Waals surface area contributed by atoms with Gasteiger partial charge in [0.1, 0.15) is 6.54 Å². The molecule has 0 aliphatic heterocycles. The van der Waals surface area contributed by atoms with Crippen LogP contribution in [0.1, 0.15) is 0 Å². The normalized spacial score (nSPS) is 9.23. The summed E-state index contributed by atoms with van der Waals surface area (Å²) in [6.07, 6.45) is 0. The van der Waals surface area contributed by atoms with Gasteiger partial charge in [-0.2, -0.15) is 0 Å². The second-order valence-corrected chi connectivity index (χ2v) is 2.60. The molecule has 1 aromatic rings. The first-order valence-electron chi connectivity index (χ1n) is 3.10. The van der Waals surface area contributed by atoms with E-state index in [-0.39, 0.29) is 5.13 Å². The fraction of sp³-hybridized carbons (Fsp3) is 0.250. The third-order valence-corrected chi connectivity index (χ3v) is 1.43. The number of carboxylic acid groups (broad SMARTS) is 1. The minimum atomic E-state index is -1.12. The highest BCUT2D eigenvalue weighted by Gasteiger charge is 2.05. The Kier molecular flexibility index (Phi) is 3.09. The molecule has 9 heteroatoms. The third-order valence-electron chi connectivity index (χ3n) is 0.920. The molecule has 1 heterocycles. The molecular weight excluding hydrogens is 198 g/mol. The zero-order valence-corrected chi connectivity index (χ0v) is 7.04. The van der Waals surface area contributed by atoms with E-state index in [4.69, 9.17) is 5.11 Å². The van der Waals surface area contributed by atoms with Crippen molar-refractivity contribution in [1.29, 1.82) is 0 Å². The highest BCUT2D eigenvalue weighted by molar-refractivity contribution is 7.09. The largest absolute Gasteiger partial charge is 0.480 e. The lowest BCUT2D eigenvalue weighted by atomic mass is 10.6. The maximum atomic E-state index is 10.8. The molecule has 1 rings (SSSR count). The molecule has 13 heavy (non-hydrogen) atoms. The van der Waals surface area contributed by atoms with Crippen LogP contribution in [0.4, 0.5) is 9.93 Å². The number of amides is 2. The number of carboxylic acids is 1. The Morgan fingerprint density at radius 2 is 2.31 bits per heavy atom. The van der Waals surface area contributed by atoms with Crippen LogP contribution in [0.25, 0.3) is 0 Å². The Morgan fingerprint density at radius 3 is 2.85 bits per heavy atom. The van der Waals surface area contributed by atoms with Gasteiger partial charge in [0.15, 0.2) is 0 Å². The number of urea groups is 1. The fourth-order valence-electron chi connectivity index (χ4n) is 0.479. The van der Waals surface area contributed by atoms with Crippen LogP contribution in [0.2, 0.25) is 0 Å². The smallest absolute Gasteiger partial charge is 0.323 e. The first kappa shape index (κ1) is 9.32. The Bertz CT molecular complexity index is 299. The van der Waals surface area contributed by atoms with Crippen LogP contribution < -0.4 is 10.6 Å². The summed E-state index contributed by atoms with van der Waals surface area (Å²) in [6, 6.07) is -0.652. The van der Waals surface area contributed by atoms with Crippen LogP contribution >= 0.6 is 11.5 Å². The molecule has 0 radical (unpaired) electrons. The van der Waals surface area contributed by atoms with Crippen molar-refractivity contribution in [1.82, 2.24) is 20.1 Å². The Hall–Kier alpha value is -1.77. The molecule has 0 spiro atoms. The fourth-order valence-corrected chi connectivity index (χ4v) is 0.841. The Morgan fingerprint density at radius 1 is 1.54 bits per heavy atom. The van der Waals surface area contributed by atoms with Crippen LogP contribution in [0.15, 0.2) is 0 Å². The van der Waals surface area contributed by atoms with Crippen molar-refractivity contribution in [3.8, 4) is 0 Å². The summed E-state index contributed by atoms with van der Waals surface area (Å²) in [5.41, 5.74) is 0. The second kappa shape index (κ2) is 4.30. The zero-order valence-electron chi connectivity index (χ0n) is 6.22. The first-order valence-corrected chi connectivity index (χ1v) is 3.87. The number of carbonyl (C=O) groups excluding carboxylic acids is 1. The maximum absolute atomic E-state index is 10.8. The van der Waals surface area contributed by atoms with Gasteiger partial charge in [0.2, 0.25) is 5.13 Å². The van der Waals surface area contributed by atoms with Crippen LogP contribution in [-0.4, -0.2) is 38.5 Å². The van der Waals surface area contributed by atoms with Gasteiger partial charge in [-0.3, -0.25) is 10.1 Å². The standard InChI is InChI=1S/C4H5N5O3S/c10-2(11)1-5-3(12)6-4-7-8-9-13-4/h1H2,(H,10,11)(H2,5,6,7,9,12). The molecule has 0 aromatic carbocycles. The van der Waals surface area contributed by atoms with E-state index in [1.165, 1.54) is 0 Å². The summed E-state index contributed by atoms with van der Waals surface area (Å²) in [5, 5.41) is 19.4. The molecule has 0 bridgehead atoms. The molecule has 70 valence electrons. The molecule has 8 nitrogen and oxygen atoms in total. The van der Waals surface area contributed by atoms with E-state index in [2.05, 4.69) is 25.4 Å². The lowest BCUT2D eigenvalue weighted by Gasteiger charge is -1.99. The van der Waals surface area contributed by atoms with Gasteiger partial charge in [0, 0.05) is 11.5 Å². The molecule has 0 atom stereocenters. The number of aliphatic carboxylic acids is 1. The quantitative estimate of drug-likeness (QED) is 0.588. The number of anilines is 1. The summed E-state index contributed by atoms with van der Waals surface area (Å²) in [6.45, 7) is -0.446. The lowest BCUT2D eigenvalue weighted by molar-refractivity contribution is -0.135. The van der Waals surface area contributed by atoms with E-state index >= 15 is 0 Å². The topological polar surface area (TPSA) is 117 Å². The summed E-state index contributed by atoms with van der Waals surface area (Å²) in [7, 11) is 0. The zero-order chi connectivity index (χ0) is 9.68. The summed E-state index contributed by atoms with van der Waals surface area (Å²) < 4.78 is 3.39. The molecule has 2 amide bonds. The molecule has 0 unspecified atom stereocenters. The average Bonchev–Trinajstić information content (AvgIpc) is 2.53. The highest BCUT2D eigenvalue weighted by atomic mass is 32.1. The highest BCUT2D eigenvalue weighted by Crippen LogP contribution is 2.03. The lowest BCUT2D eigenvalue weighted by Crippen LogP contribution is -2.33. The monoisotopic (exact) mass is 203 g/mol. The van der Waals surface area contributed by atoms with Crippen LogP contribution in [-0.2, 0) is 4.79 Å².